The number of alkyl halides is 3. The van der Waals surface area contributed by atoms with Crippen molar-refractivity contribution in [3.05, 3.63) is 52.8 Å². The van der Waals surface area contributed by atoms with E-state index in [0.717, 1.165) is 30.9 Å². The SMILES string of the molecule is CNC(=O)c1ncc(N2CCNC2)cc1C(N)=N[C@H](C)c1cc(N)cc(C(F)(F)F)c1. The molecule has 1 aromatic heterocycles. The number of carbonyl (C=O) groups is 1. The summed E-state index contributed by atoms with van der Waals surface area (Å²) < 4.78 is 39.4. The Morgan fingerprint density at radius 2 is 2.06 bits per heavy atom. The first-order valence-corrected chi connectivity index (χ1v) is 9.59. The monoisotopic (exact) mass is 435 g/mol. The quantitative estimate of drug-likeness (QED) is 0.323. The van der Waals surface area contributed by atoms with Gasteiger partial charge in [-0.15, -0.1) is 0 Å². The fourth-order valence-corrected chi connectivity index (χ4v) is 3.28. The van der Waals surface area contributed by atoms with Crippen LogP contribution in [0.3, 0.4) is 0 Å². The Balaban J connectivity index is 2.00. The molecule has 166 valence electrons. The van der Waals surface area contributed by atoms with E-state index >= 15 is 0 Å². The first-order valence-electron chi connectivity index (χ1n) is 9.59. The number of amides is 1. The van der Waals surface area contributed by atoms with Crippen LogP contribution < -0.4 is 27.0 Å². The van der Waals surface area contributed by atoms with Crippen molar-refractivity contribution < 1.29 is 18.0 Å². The van der Waals surface area contributed by atoms with E-state index in [1.54, 1.807) is 19.2 Å². The van der Waals surface area contributed by atoms with Gasteiger partial charge < -0.3 is 21.7 Å². The Morgan fingerprint density at radius 3 is 2.68 bits per heavy atom. The van der Waals surface area contributed by atoms with E-state index in [1.165, 1.54) is 13.1 Å². The van der Waals surface area contributed by atoms with Gasteiger partial charge in [0.1, 0.15) is 11.5 Å². The average Bonchev–Trinajstić information content (AvgIpc) is 3.26. The van der Waals surface area contributed by atoms with E-state index in [0.29, 0.717) is 12.2 Å². The lowest BCUT2D eigenvalue weighted by atomic mass is 10.0. The maximum Gasteiger partial charge on any atom is 0.416 e. The van der Waals surface area contributed by atoms with E-state index < -0.39 is 23.7 Å². The van der Waals surface area contributed by atoms with Crippen molar-refractivity contribution in [2.75, 3.05) is 37.4 Å². The molecule has 1 atom stereocenters. The van der Waals surface area contributed by atoms with Crippen molar-refractivity contribution in [2.24, 2.45) is 10.7 Å². The Bertz CT molecular complexity index is 1000. The number of rotatable bonds is 5. The first kappa shape index (κ1) is 22.3. The van der Waals surface area contributed by atoms with Crippen molar-refractivity contribution in [2.45, 2.75) is 19.1 Å². The van der Waals surface area contributed by atoms with Gasteiger partial charge in [0.05, 0.1) is 30.2 Å². The van der Waals surface area contributed by atoms with Gasteiger partial charge in [-0.3, -0.25) is 15.1 Å². The molecular formula is C20H24F3N7O. The lowest BCUT2D eigenvalue weighted by Crippen LogP contribution is -2.28. The van der Waals surface area contributed by atoms with Gasteiger partial charge in [0.25, 0.3) is 5.91 Å². The van der Waals surface area contributed by atoms with Crippen molar-refractivity contribution in [1.82, 2.24) is 15.6 Å². The molecule has 11 heteroatoms. The van der Waals surface area contributed by atoms with Crippen LogP contribution in [0.2, 0.25) is 0 Å². The van der Waals surface area contributed by atoms with E-state index in [9.17, 15) is 18.0 Å². The van der Waals surface area contributed by atoms with Crippen molar-refractivity contribution in [1.29, 1.82) is 0 Å². The molecule has 1 fully saturated rings. The molecule has 3 rings (SSSR count). The number of hydrogen-bond acceptors (Lipinski definition) is 6. The van der Waals surface area contributed by atoms with Crippen LogP contribution in [0.4, 0.5) is 24.5 Å². The Morgan fingerprint density at radius 1 is 1.32 bits per heavy atom. The van der Waals surface area contributed by atoms with Gasteiger partial charge in [0.2, 0.25) is 0 Å². The smallest absolute Gasteiger partial charge is 0.399 e. The molecule has 0 unspecified atom stereocenters. The molecular weight excluding hydrogens is 411 g/mol. The van der Waals surface area contributed by atoms with Crippen molar-refractivity contribution >= 4 is 23.1 Å². The highest BCUT2D eigenvalue weighted by molar-refractivity contribution is 6.08. The number of benzene rings is 1. The Hall–Kier alpha value is -3.34. The summed E-state index contributed by atoms with van der Waals surface area (Å²) in [5.74, 6) is -0.459. The largest absolute Gasteiger partial charge is 0.416 e. The Kier molecular flexibility index (Phi) is 6.34. The minimum absolute atomic E-state index is 0.0106. The van der Waals surface area contributed by atoms with Crippen molar-refractivity contribution in [3.8, 4) is 0 Å². The number of nitrogens with zero attached hydrogens (tertiary/aromatic N) is 3. The molecule has 1 saturated heterocycles. The number of nitrogen functional groups attached to an aromatic ring is 1. The molecule has 2 aromatic rings. The number of halogens is 3. The number of aliphatic imine (C=N–C) groups is 1. The molecule has 0 saturated carbocycles. The van der Waals surface area contributed by atoms with E-state index in [1.807, 2.05) is 4.90 Å². The highest BCUT2D eigenvalue weighted by Gasteiger charge is 2.31. The molecule has 1 aromatic carbocycles. The van der Waals surface area contributed by atoms with Crippen LogP contribution in [0.25, 0.3) is 0 Å². The fraction of sp³-hybridized carbons (Fsp3) is 0.350. The molecule has 0 aliphatic carbocycles. The maximum absolute atomic E-state index is 13.1. The van der Waals surface area contributed by atoms with Gasteiger partial charge >= 0.3 is 6.18 Å². The standard InChI is InChI=1S/C20H24F3N7O/c1-11(12-5-13(20(21,22)23)7-14(24)6-12)29-18(25)16-8-15(30-4-3-27-10-30)9-28-17(16)19(31)26-2/h5-9,11,27H,3-4,10,24H2,1-2H3,(H2,25,29)(H,26,31)/t11-/m1/s1. The molecule has 2 heterocycles. The van der Waals surface area contributed by atoms with Crippen molar-refractivity contribution in [3.63, 3.8) is 0 Å². The molecule has 8 nitrogen and oxygen atoms in total. The number of anilines is 2. The number of nitrogens with one attached hydrogen (secondary N) is 2. The van der Waals surface area contributed by atoms with Crippen LogP contribution in [0.1, 0.15) is 40.1 Å². The molecule has 0 spiro atoms. The summed E-state index contributed by atoms with van der Waals surface area (Å²) in [7, 11) is 1.47. The molecule has 1 aliphatic heterocycles. The minimum Gasteiger partial charge on any atom is -0.399 e. The molecule has 6 N–H and O–H groups in total. The van der Waals surface area contributed by atoms with Crippen LogP contribution in [0, 0.1) is 0 Å². The highest BCUT2D eigenvalue weighted by Crippen LogP contribution is 2.33. The predicted molar refractivity (Wildman–Crippen MR) is 113 cm³/mol. The van der Waals surface area contributed by atoms with Crippen LogP contribution in [-0.2, 0) is 6.18 Å². The molecule has 0 radical (unpaired) electrons. The van der Waals surface area contributed by atoms with E-state index in [2.05, 4.69) is 20.6 Å². The molecule has 1 amide bonds. The van der Waals surface area contributed by atoms with Crippen LogP contribution >= 0.6 is 0 Å². The topological polar surface area (TPSA) is 122 Å². The number of hydrogen-bond donors (Lipinski definition) is 4. The number of pyridine rings is 1. The third-order valence-electron chi connectivity index (χ3n) is 4.94. The summed E-state index contributed by atoms with van der Waals surface area (Å²) in [5, 5.41) is 5.70. The number of nitrogens with two attached hydrogens (primary N) is 2. The number of aromatic nitrogens is 1. The van der Waals surface area contributed by atoms with E-state index in [4.69, 9.17) is 11.5 Å². The minimum atomic E-state index is -4.53. The second kappa shape index (κ2) is 8.80. The van der Waals surface area contributed by atoms with Gasteiger partial charge in [-0.05, 0) is 36.8 Å². The first-order chi connectivity index (χ1) is 14.6. The summed E-state index contributed by atoms with van der Waals surface area (Å²) in [6, 6.07) is 4.24. The number of amidine groups is 1. The molecule has 0 bridgehead atoms. The maximum atomic E-state index is 13.1. The average molecular weight is 435 g/mol. The zero-order valence-electron chi connectivity index (χ0n) is 17.1. The zero-order valence-corrected chi connectivity index (χ0v) is 17.1. The third kappa shape index (κ3) is 5.05. The second-order valence-corrected chi connectivity index (χ2v) is 7.17. The molecule has 31 heavy (non-hydrogen) atoms. The summed E-state index contributed by atoms with van der Waals surface area (Å²) in [5.41, 5.74) is 12.4. The normalized spacial score (nSPS) is 15.8. The summed E-state index contributed by atoms with van der Waals surface area (Å²) >= 11 is 0. The van der Waals surface area contributed by atoms with Gasteiger partial charge in [-0.25, -0.2) is 4.98 Å². The summed E-state index contributed by atoms with van der Waals surface area (Å²) in [4.78, 5) is 22.9. The van der Waals surface area contributed by atoms with Gasteiger partial charge in [-0.2, -0.15) is 13.2 Å². The van der Waals surface area contributed by atoms with Gasteiger partial charge in [-0.1, -0.05) is 0 Å². The van der Waals surface area contributed by atoms with E-state index in [-0.39, 0.29) is 22.8 Å². The van der Waals surface area contributed by atoms with Crippen LogP contribution in [-0.4, -0.2) is 43.5 Å². The second-order valence-electron chi connectivity index (χ2n) is 7.17. The van der Waals surface area contributed by atoms with Crippen LogP contribution in [0.5, 0.6) is 0 Å². The molecule has 1 aliphatic rings. The van der Waals surface area contributed by atoms with Gasteiger partial charge in [0.15, 0.2) is 0 Å². The van der Waals surface area contributed by atoms with Crippen LogP contribution in [0.15, 0.2) is 35.5 Å². The third-order valence-corrected chi connectivity index (χ3v) is 4.94. The predicted octanol–water partition coefficient (Wildman–Crippen LogP) is 1.88. The zero-order chi connectivity index (χ0) is 22.8. The summed E-state index contributed by atoms with van der Waals surface area (Å²) in [6.07, 6.45) is -2.96. The lowest BCUT2D eigenvalue weighted by molar-refractivity contribution is -0.137. The highest BCUT2D eigenvalue weighted by atomic mass is 19.4. The van der Waals surface area contributed by atoms with Gasteiger partial charge in [0, 0.05) is 31.4 Å². The Labute approximate surface area is 177 Å². The summed E-state index contributed by atoms with van der Waals surface area (Å²) in [6.45, 7) is 3.79. The number of carbonyl (C=O) groups excluding carboxylic acids is 1. The lowest BCUT2D eigenvalue weighted by Gasteiger charge is -2.19. The fourth-order valence-electron chi connectivity index (χ4n) is 3.28.